The van der Waals surface area contributed by atoms with E-state index in [2.05, 4.69) is 0 Å². The van der Waals surface area contributed by atoms with E-state index in [4.69, 9.17) is 15.1 Å². The zero-order valence-corrected chi connectivity index (χ0v) is 8.40. The molecule has 0 saturated carbocycles. The number of halogens is 1. The van der Waals surface area contributed by atoms with Gasteiger partial charge in [-0.2, -0.15) is 5.26 Å². The van der Waals surface area contributed by atoms with Crippen LogP contribution in [-0.4, -0.2) is 18.2 Å². The van der Waals surface area contributed by atoms with Gasteiger partial charge in [-0.3, -0.25) is 0 Å². The molecule has 1 aromatic carbocycles. The minimum atomic E-state index is -1.18. The van der Waals surface area contributed by atoms with Gasteiger partial charge in [0.15, 0.2) is 0 Å². The fraction of sp³-hybridized carbons (Fsp3) is 0.0909. The maximum atomic E-state index is 13.2. The highest BCUT2D eigenvalue weighted by Crippen LogP contribution is 2.25. The number of aliphatic carboxylic acids is 1. The van der Waals surface area contributed by atoms with Gasteiger partial charge in [0.05, 0.1) is 12.7 Å². The van der Waals surface area contributed by atoms with Crippen molar-refractivity contribution < 1.29 is 19.0 Å². The number of rotatable bonds is 3. The molecular weight excluding hydrogens is 213 g/mol. The van der Waals surface area contributed by atoms with Gasteiger partial charge in [-0.05, 0) is 18.2 Å². The Kier molecular flexibility index (Phi) is 3.62. The first-order valence-electron chi connectivity index (χ1n) is 4.27. The number of benzene rings is 1. The maximum Gasteiger partial charge on any atom is 0.328 e. The topological polar surface area (TPSA) is 70.3 Å². The number of methoxy groups -OCH3 is 1. The van der Waals surface area contributed by atoms with E-state index >= 15 is 0 Å². The van der Waals surface area contributed by atoms with Crippen LogP contribution in [0.5, 0.6) is 5.75 Å². The summed E-state index contributed by atoms with van der Waals surface area (Å²) in [6.45, 7) is 0. The van der Waals surface area contributed by atoms with Crippen LogP contribution < -0.4 is 4.74 Å². The van der Waals surface area contributed by atoms with Crippen LogP contribution in [0.3, 0.4) is 0 Å². The van der Waals surface area contributed by atoms with Crippen LogP contribution in [0.15, 0.2) is 18.2 Å². The van der Waals surface area contributed by atoms with Crippen molar-refractivity contribution in [2.24, 2.45) is 0 Å². The molecule has 0 spiro atoms. The number of ether oxygens (including phenoxy) is 1. The predicted molar refractivity (Wildman–Crippen MR) is 54.3 cm³/mol. The van der Waals surface area contributed by atoms with Gasteiger partial charge in [0.2, 0.25) is 0 Å². The second-order valence-corrected chi connectivity index (χ2v) is 2.82. The smallest absolute Gasteiger partial charge is 0.328 e. The largest absolute Gasteiger partial charge is 0.496 e. The summed E-state index contributed by atoms with van der Waals surface area (Å²) in [5.74, 6) is -1.65. The Morgan fingerprint density at radius 1 is 1.62 bits per heavy atom. The molecule has 0 heterocycles. The average Bonchev–Trinajstić information content (AvgIpc) is 2.26. The lowest BCUT2D eigenvalue weighted by atomic mass is 10.1. The first-order valence-corrected chi connectivity index (χ1v) is 4.27. The number of carbonyl (C=O) groups is 1. The van der Waals surface area contributed by atoms with E-state index < -0.39 is 11.8 Å². The van der Waals surface area contributed by atoms with Crippen LogP contribution in [0, 0.1) is 17.1 Å². The molecule has 4 nitrogen and oxygen atoms in total. The van der Waals surface area contributed by atoms with Crippen LogP contribution >= 0.6 is 0 Å². The van der Waals surface area contributed by atoms with Gasteiger partial charge < -0.3 is 9.84 Å². The molecule has 16 heavy (non-hydrogen) atoms. The molecule has 5 heteroatoms. The lowest BCUT2D eigenvalue weighted by molar-refractivity contribution is -0.131. The molecule has 0 unspecified atom stereocenters. The summed E-state index contributed by atoms with van der Waals surface area (Å²) in [7, 11) is 1.35. The normalized spacial score (nSPS) is 10.1. The Bertz CT molecular complexity index is 489. The minimum Gasteiger partial charge on any atom is -0.496 e. The molecule has 0 bridgehead atoms. The van der Waals surface area contributed by atoms with E-state index in [1.54, 1.807) is 6.07 Å². The monoisotopic (exact) mass is 221 g/mol. The average molecular weight is 221 g/mol. The van der Waals surface area contributed by atoms with Crippen molar-refractivity contribution in [1.82, 2.24) is 0 Å². The third-order valence-corrected chi connectivity index (χ3v) is 1.88. The van der Waals surface area contributed by atoms with Gasteiger partial charge in [-0.1, -0.05) is 0 Å². The van der Waals surface area contributed by atoms with Crippen molar-refractivity contribution >= 4 is 12.0 Å². The summed E-state index contributed by atoms with van der Waals surface area (Å²) in [5.41, 5.74) is -0.121. The van der Waals surface area contributed by atoms with E-state index in [1.807, 2.05) is 0 Å². The zero-order valence-electron chi connectivity index (χ0n) is 8.40. The molecule has 0 radical (unpaired) electrons. The predicted octanol–water partition coefficient (Wildman–Crippen LogP) is 1.80. The summed E-state index contributed by atoms with van der Waals surface area (Å²) < 4.78 is 18.1. The Balaban J connectivity index is 3.38. The quantitative estimate of drug-likeness (QED) is 0.790. The maximum absolute atomic E-state index is 13.2. The summed E-state index contributed by atoms with van der Waals surface area (Å²) in [5, 5.41) is 17.2. The summed E-state index contributed by atoms with van der Waals surface area (Å²) in [6, 6.07) is 4.09. The van der Waals surface area contributed by atoms with Crippen LogP contribution in [-0.2, 0) is 4.79 Å². The molecule has 0 aliphatic heterocycles. The van der Waals surface area contributed by atoms with Gasteiger partial charge in [0.1, 0.15) is 17.6 Å². The number of nitriles is 1. The minimum absolute atomic E-state index is 0.118. The Morgan fingerprint density at radius 3 is 2.81 bits per heavy atom. The molecule has 0 aromatic heterocycles. The molecule has 1 N–H and O–H groups in total. The highest BCUT2D eigenvalue weighted by atomic mass is 19.1. The van der Waals surface area contributed by atoms with E-state index in [0.717, 1.165) is 18.2 Å². The van der Waals surface area contributed by atoms with Crippen LogP contribution in [0.2, 0.25) is 0 Å². The third kappa shape index (κ3) is 2.36. The number of carboxylic acid groups (broad SMARTS) is 1. The van der Waals surface area contributed by atoms with Gasteiger partial charge >= 0.3 is 5.97 Å². The molecule has 0 fully saturated rings. The SMILES string of the molecule is COc1ccc(F)c(C#N)c1/C=C/C(=O)O. The van der Waals surface area contributed by atoms with E-state index in [0.29, 0.717) is 0 Å². The number of hydrogen-bond donors (Lipinski definition) is 1. The third-order valence-electron chi connectivity index (χ3n) is 1.88. The standard InChI is InChI=1S/C11H8FNO3/c1-16-10-4-3-9(12)8(6-13)7(10)2-5-11(14)15/h2-5H,1H3,(H,14,15)/b5-2+. The van der Waals surface area contributed by atoms with Gasteiger partial charge in [0, 0.05) is 11.6 Å². The number of hydrogen-bond acceptors (Lipinski definition) is 3. The van der Waals surface area contributed by atoms with Gasteiger partial charge in [-0.25, -0.2) is 9.18 Å². The molecule has 0 aliphatic carbocycles. The molecule has 0 atom stereocenters. The lowest BCUT2D eigenvalue weighted by Crippen LogP contribution is -1.95. The van der Waals surface area contributed by atoms with E-state index in [9.17, 15) is 9.18 Å². The first-order chi connectivity index (χ1) is 7.60. The fourth-order valence-electron chi connectivity index (χ4n) is 1.19. The highest BCUT2D eigenvalue weighted by molar-refractivity contribution is 5.86. The van der Waals surface area contributed by atoms with Crippen molar-refractivity contribution in [1.29, 1.82) is 5.26 Å². The van der Waals surface area contributed by atoms with Crippen molar-refractivity contribution in [3.8, 4) is 11.8 Å². The van der Waals surface area contributed by atoms with Crippen LogP contribution in [0.25, 0.3) is 6.08 Å². The van der Waals surface area contributed by atoms with E-state index in [-0.39, 0.29) is 16.9 Å². The first kappa shape index (κ1) is 11.7. The Morgan fingerprint density at radius 2 is 2.31 bits per heavy atom. The second-order valence-electron chi connectivity index (χ2n) is 2.82. The van der Waals surface area contributed by atoms with Crippen molar-refractivity contribution in [2.75, 3.05) is 7.11 Å². The molecular formula is C11H8FNO3. The summed E-state index contributed by atoms with van der Waals surface area (Å²) in [4.78, 5) is 10.4. The number of carboxylic acids is 1. The van der Waals surface area contributed by atoms with Crippen molar-refractivity contribution in [3.05, 3.63) is 35.2 Å². The highest BCUT2D eigenvalue weighted by Gasteiger charge is 2.11. The van der Waals surface area contributed by atoms with Gasteiger partial charge in [-0.15, -0.1) is 0 Å². The van der Waals surface area contributed by atoms with Crippen molar-refractivity contribution in [3.63, 3.8) is 0 Å². The Labute approximate surface area is 91.2 Å². The molecule has 0 aliphatic rings. The van der Waals surface area contributed by atoms with Crippen LogP contribution in [0.1, 0.15) is 11.1 Å². The lowest BCUT2D eigenvalue weighted by Gasteiger charge is -2.06. The molecule has 0 amide bonds. The second kappa shape index (κ2) is 4.94. The Hall–Kier alpha value is -2.35. The molecule has 82 valence electrons. The fourth-order valence-corrected chi connectivity index (χ4v) is 1.19. The summed E-state index contributed by atoms with van der Waals surface area (Å²) >= 11 is 0. The molecule has 0 saturated heterocycles. The van der Waals surface area contributed by atoms with E-state index in [1.165, 1.54) is 13.2 Å². The molecule has 1 aromatic rings. The zero-order chi connectivity index (χ0) is 12.1. The van der Waals surface area contributed by atoms with Gasteiger partial charge in [0.25, 0.3) is 0 Å². The molecule has 1 rings (SSSR count). The number of nitrogens with zero attached hydrogens (tertiary/aromatic N) is 1. The summed E-state index contributed by atoms with van der Waals surface area (Å²) in [6.07, 6.45) is 1.95. The van der Waals surface area contributed by atoms with Crippen LogP contribution in [0.4, 0.5) is 4.39 Å². The van der Waals surface area contributed by atoms with Crippen molar-refractivity contribution in [2.45, 2.75) is 0 Å².